The summed E-state index contributed by atoms with van der Waals surface area (Å²) in [6, 6.07) is 7.48. The third-order valence-electron chi connectivity index (χ3n) is 5.04. The zero-order valence-corrected chi connectivity index (χ0v) is 13.4. The van der Waals surface area contributed by atoms with Gasteiger partial charge in [0, 0.05) is 24.8 Å². The van der Waals surface area contributed by atoms with Gasteiger partial charge in [0.05, 0.1) is 11.0 Å². The molecule has 120 valence electrons. The summed E-state index contributed by atoms with van der Waals surface area (Å²) < 4.78 is 5.44. The summed E-state index contributed by atoms with van der Waals surface area (Å²) in [6.07, 6.45) is 3.87. The molecule has 5 heteroatoms. The summed E-state index contributed by atoms with van der Waals surface area (Å²) in [6.45, 7) is 1.47. The number of rotatable bonds is 4. The average Bonchev–Trinajstić information content (AvgIpc) is 2.52. The first-order chi connectivity index (χ1) is 10.5. The Morgan fingerprint density at radius 1 is 1.18 bits per heavy atom. The Hall–Kier alpha value is -1.10. The van der Waals surface area contributed by atoms with Gasteiger partial charge in [0.2, 0.25) is 5.91 Å². The second-order valence-electron chi connectivity index (χ2n) is 6.46. The quantitative estimate of drug-likeness (QED) is 0.894. The molecule has 0 unspecified atom stereocenters. The third kappa shape index (κ3) is 3.00. The lowest BCUT2D eigenvalue weighted by atomic mass is 9.73. The van der Waals surface area contributed by atoms with Gasteiger partial charge in [0.25, 0.3) is 0 Å². The number of carbonyl (C=O) groups is 1. The fourth-order valence-electron chi connectivity index (χ4n) is 3.31. The van der Waals surface area contributed by atoms with E-state index in [1.54, 1.807) is 0 Å². The highest BCUT2D eigenvalue weighted by atomic mass is 35.5. The lowest BCUT2D eigenvalue weighted by molar-refractivity contribution is -0.132. The number of amides is 1. The molecule has 3 rings (SSSR count). The molecule has 0 aromatic heterocycles. The Morgan fingerprint density at radius 3 is 2.36 bits per heavy atom. The standard InChI is InChI=1S/C17H22ClNO3/c18-14-4-2-13(3-5-14)17(8-10-22-11-9-17)15(20)19-12-16(21)6-1-7-16/h2-5,21H,1,6-12H2,(H,19,20). The maximum atomic E-state index is 12.9. The SMILES string of the molecule is O=C(NCC1(O)CCC1)C1(c2ccc(Cl)cc2)CCOCC1. The number of halogens is 1. The molecule has 1 aromatic carbocycles. The summed E-state index contributed by atoms with van der Waals surface area (Å²) in [7, 11) is 0. The molecule has 1 aliphatic heterocycles. The molecule has 0 radical (unpaired) electrons. The smallest absolute Gasteiger partial charge is 0.230 e. The zero-order valence-electron chi connectivity index (χ0n) is 12.6. The first kappa shape index (κ1) is 15.8. The van der Waals surface area contributed by atoms with Crippen LogP contribution in [0.1, 0.15) is 37.7 Å². The van der Waals surface area contributed by atoms with E-state index in [0.717, 1.165) is 24.8 Å². The Balaban J connectivity index is 1.78. The fourth-order valence-corrected chi connectivity index (χ4v) is 3.44. The van der Waals surface area contributed by atoms with Crippen LogP contribution in [0.15, 0.2) is 24.3 Å². The predicted molar refractivity (Wildman–Crippen MR) is 85.0 cm³/mol. The molecule has 1 saturated carbocycles. The highest BCUT2D eigenvalue weighted by molar-refractivity contribution is 6.30. The van der Waals surface area contributed by atoms with E-state index in [4.69, 9.17) is 16.3 Å². The monoisotopic (exact) mass is 323 g/mol. The Kier molecular flexibility index (Phi) is 4.44. The molecule has 4 nitrogen and oxygen atoms in total. The van der Waals surface area contributed by atoms with Crippen molar-refractivity contribution in [3.8, 4) is 0 Å². The summed E-state index contributed by atoms with van der Waals surface area (Å²) in [5.74, 6) is -0.0153. The van der Waals surface area contributed by atoms with Crippen molar-refractivity contribution in [2.45, 2.75) is 43.1 Å². The van der Waals surface area contributed by atoms with Crippen LogP contribution in [-0.4, -0.2) is 36.4 Å². The second-order valence-corrected chi connectivity index (χ2v) is 6.90. The predicted octanol–water partition coefficient (Wildman–Crippen LogP) is 2.42. The molecular weight excluding hydrogens is 302 g/mol. The number of carbonyl (C=O) groups excluding carboxylic acids is 1. The molecule has 0 bridgehead atoms. The molecule has 1 amide bonds. The summed E-state index contributed by atoms with van der Waals surface area (Å²) in [4.78, 5) is 12.9. The maximum absolute atomic E-state index is 12.9. The lowest BCUT2D eigenvalue weighted by Crippen LogP contribution is -2.54. The van der Waals surface area contributed by atoms with E-state index in [2.05, 4.69) is 5.32 Å². The van der Waals surface area contributed by atoms with E-state index in [1.165, 1.54) is 0 Å². The van der Waals surface area contributed by atoms with Crippen molar-refractivity contribution >= 4 is 17.5 Å². The van der Waals surface area contributed by atoms with Gasteiger partial charge >= 0.3 is 0 Å². The number of nitrogens with one attached hydrogen (secondary N) is 1. The second kappa shape index (κ2) is 6.19. The van der Waals surface area contributed by atoms with Crippen LogP contribution in [0.2, 0.25) is 5.02 Å². The van der Waals surface area contributed by atoms with Gasteiger partial charge in [-0.15, -0.1) is 0 Å². The zero-order chi connectivity index (χ0) is 15.6. The lowest BCUT2D eigenvalue weighted by Gasteiger charge is -2.40. The van der Waals surface area contributed by atoms with Gasteiger partial charge in [-0.3, -0.25) is 4.79 Å². The van der Waals surface area contributed by atoms with Crippen LogP contribution in [0, 0.1) is 0 Å². The Labute approximate surface area is 135 Å². The minimum absolute atomic E-state index is 0.0153. The minimum Gasteiger partial charge on any atom is -0.388 e. The van der Waals surface area contributed by atoms with Crippen molar-refractivity contribution in [3.63, 3.8) is 0 Å². The molecule has 2 N–H and O–H groups in total. The van der Waals surface area contributed by atoms with Crippen molar-refractivity contribution < 1.29 is 14.6 Å². The Morgan fingerprint density at radius 2 is 1.82 bits per heavy atom. The first-order valence-electron chi connectivity index (χ1n) is 7.89. The highest BCUT2D eigenvalue weighted by Crippen LogP contribution is 2.36. The van der Waals surface area contributed by atoms with Gasteiger partial charge in [-0.1, -0.05) is 23.7 Å². The number of hydrogen-bond donors (Lipinski definition) is 2. The molecule has 1 aromatic rings. The van der Waals surface area contributed by atoms with Crippen molar-refractivity contribution in [1.82, 2.24) is 5.32 Å². The molecule has 1 heterocycles. The largest absolute Gasteiger partial charge is 0.388 e. The van der Waals surface area contributed by atoms with Crippen molar-refractivity contribution in [1.29, 1.82) is 0 Å². The van der Waals surface area contributed by atoms with Gasteiger partial charge in [-0.2, -0.15) is 0 Å². The van der Waals surface area contributed by atoms with E-state index in [1.807, 2.05) is 24.3 Å². The van der Waals surface area contributed by atoms with E-state index < -0.39 is 11.0 Å². The van der Waals surface area contributed by atoms with Crippen LogP contribution in [0.5, 0.6) is 0 Å². The molecule has 0 spiro atoms. The third-order valence-corrected chi connectivity index (χ3v) is 5.29. The van der Waals surface area contributed by atoms with E-state index in [-0.39, 0.29) is 5.91 Å². The molecule has 22 heavy (non-hydrogen) atoms. The van der Waals surface area contributed by atoms with Crippen molar-refractivity contribution in [2.24, 2.45) is 0 Å². The summed E-state index contributed by atoms with van der Waals surface area (Å²) >= 11 is 5.96. The number of ether oxygens (including phenoxy) is 1. The van der Waals surface area contributed by atoms with E-state index in [9.17, 15) is 9.90 Å². The van der Waals surface area contributed by atoms with Crippen LogP contribution >= 0.6 is 11.6 Å². The van der Waals surface area contributed by atoms with Crippen molar-refractivity contribution in [2.75, 3.05) is 19.8 Å². The summed E-state index contributed by atoms with van der Waals surface area (Å²) in [5, 5.41) is 13.8. The maximum Gasteiger partial charge on any atom is 0.230 e. The van der Waals surface area contributed by atoms with E-state index in [0.29, 0.717) is 37.6 Å². The van der Waals surface area contributed by atoms with Gasteiger partial charge in [-0.25, -0.2) is 0 Å². The fraction of sp³-hybridized carbons (Fsp3) is 0.588. The number of hydrogen-bond acceptors (Lipinski definition) is 3. The number of aliphatic hydroxyl groups is 1. The molecule has 2 fully saturated rings. The van der Waals surface area contributed by atoms with Crippen LogP contribution < -0.4 is 5.32 Å². The van der Waals surface area contributed by atoms with Gasteiger partial charge in [0.15, 0.2) is 0 Å². The number of benzene rings is 1. The molecule has 0 atom stereocenters. The van der Waals surface area contributed by atoms with Gasteiger partial charge < -0.3 is 15.2 Å². The molecule has 2 aliphatic rings. The van der Waals surface area contributed by atoms with Crippen LogP contribution in [0.3, 0.4) is 0 Å². The summed E-state index contributed by atoms with van der Waals surface area (Å²) in [5.41, 5.74) is -0.316. The van der Waals surface area contributed by atoms with Gasteiger partial charge in [0.1, 0.15) is 0 Å². The van der Waals surface area contributed by atoms with Crippen LogP contribution in [0.4, 0.5) is 0 Å². The van der Waals surface area contributed by atoms with Crippen LogP contribution in [0.25, 0.3) is 0 Å². The van der Waals surface area contributed by atoms with Gasteiger partial charge in [-0.05, 0) is 49.8 Å². The molecular formula is C17H22ClNO3. The molecule has 1 saturated heterocycles. The minimum atomic E-state index is -0.706. The topological polar surface area (TPSA) is 58.6 Å². The first-order valence-corrected chi connectivity index (χ1v) is 8.26. The van der Waals surface area contributed by atoms with E-state index >= 15 is 0 Å². The van der Waals surface area contributed by atoms with Crippen LogP contribution in [-0.2, 0) is 14.9 Å². The Bertz CT molecular complexity index is 533. The normalized spacial score (nSPS) is 22.6. The average molecular weight is 324 g/mol. The van der Waals surface area contributed by atoms with Crippen molar-refractivity contribution in [3.05, 3.63) is 34.9 Å². The highest BCUT2D eigenvalue weighted by Gasteiger charge is 2.43. The molecule has 1 aliphatic carbocycles.